The van der Waals surface area contributed by atoms with Crippen molar-refractivity contribution < 1.29 is 0 Å². The Hall–Kier alpha value is -3.66. The van der Waals surface area contributed by atoms with E-state index in [0.29, 0.717) is 12.8 Å². The normalized spacial score (nSPS) is 17.6. The van der Waals surface area contributed by atoms with Crippen molar-refractivity contribution >= 4 is 46.8 Å². The fourth-order valence-corrected chi connectivity index (χ4v) is 7.68. The molecule has 218 valence electrons. The van der Waals surface area contributed by atoms with Crippen LogP contribution in [0.3, 0.4) is 0 Å². The molecule has 2 fully saturated rings. The third-order valence-corrected chi connectivity index (χ3v) is 10.0. The zero-order chi connectivity index (χ0) is 28.2. The molecule has 0 radical (unpaired) electrons. The summed E-state index contributed by atoms with van der Waals surface area (Å²) in [4.78, 5) is 24.0. The molecule has 2 saturated heterocycles. The summed E-state index contributed by atoms with van der Waals surface area (Å²) in [7, 11) is 0. The Morgan fingerprint density at radius 2 is 1.00 bits per heavy atom. The molecule has 0 aromatic carbocycles. The summed E-state index contributed by atoms with van der Waals surface area (Å²) in [6.45, 7) is 8.09. The van der Waals surface area contributed by atoms with Gasteiger partial charge in [-0.3, -0.25) is 10.9 Å². The lowest BCUT2D eigenvalue weighted by Crippen LogP contribution is -2.32. The molecule has 0 bridgehead atoms. The number of aryl methyl sites for hydroxylation is 4. The van der Waals surface area contributed by atoms with Gasteiger partial charge in [0.05, 0.1) is 11.4 Å². The second-order valence-electron chi connectivity index (χ2n) is 11.1. The largest absolute Gasteiger partial charge is 0.341 e. The van der Waals surface area contributed by atoms with Crippen molar-refractivity contribution in [1.29, 1.82) is 0 Å². The van der Waals surface area contributed by atoms with Crippen LogP contribution in [0.5, 0.6) is 0 Å². The number of aromatic nitrogens is 10. The summed E-state index contributed by atoms with van der Waals surface area (Å²) in [6, 6.07) is 0. The molecule has 4 aromatic heterocycles. The van der Waals surface area contributed by atoms with Gasteiger partial charge >= 0.3 is 0 Å². The average Bonchev–Trinajstić information content (AvgIpc) is 3.61. The standard InChI is InChI=1S/C26H32N14S2/c1-15-19-21(29-23(27-15)37-11-5-3-6-12-37)41-25-33-31-17(39(25)35-19)9-10-18-32-34-26-40(18)36-20-16(2)28-24(30-22(20)42-26)38-13-7-4-8-14-38/h35-36H,3-14H2,1-2H3. The quantitative estimate of drug-likeness (QED) is 0.277. The first-order valence-electron chi connectivity index (χ1n) is 14.7. The lowest BCUT2D eigenvalue weighted by Gasteiger charge is -2.29. The Labute approximate surface area is 251 Å². The minimum absolute atomic E-state index is 0.627. The van der Waals surface area contributed by atoms with Crippen LogP contribution in [0.2, 0.25) is 0 Å². The van der Waals surface area contributed by atoms with Gasteiger partial charge in [-0.1, -0.05) is 0 Å². The van der Waals surface area contributed by atoms with Crippen molar-refractivity contribution in [2.75, 3.05) is 46.8 Å². The molecule has 0 saturated carbocycles. The first-order chi connectivity index (χ1) is 20.6. The summed E-state index contributed by atoms with van der Waals surface area (Å²) >= 11 is 3.06. The first-order valence-corrected chi connectivity index (χ1v) is 16.3. The van der Waals surface area contributed by atoms with Crippen molar-refractivity contribution in [2.45, 2.75) is 85.6 Å². The summed E-state index contributed by atoms with van der Waals surface area (Å²) in [6.07, 6.45) is 8.55. The average molecular weight is 605 g/mol. The van der Waals surface area contributed by atoms with Crippen LogP contribution in [-0.2, 0) is 12.8 Å². The van der Waals surface area contributed by atoms with Crippen molar-refractivity contribution in [3.63, 3.8) is 0 Å². The molecule has 8 heterocycles. The van der Waals surface area contributed by atoms with Gasteiger partial charge in [-0.15, -0.1) is 20.4 Å². The Kier molecular flexibility index (Phi) is 6.54. The van der Waals surface area contributed by atoms with Gasteiger partial charge in [0.25, 0.3) is 0 Å². The lowest BCUT2D eigenvalue weighted by atomic mass is 10.1. The van der Waals surface area contributed by atoms with Crippen LogP contribution >= 0.6 is 23.5 Å². The van der Waals surface area contributed by atoms with E-state index in [4.69, 9.17) is 19.9 Å². The number of piperidine rings is 2. The van der Waals surface area contributed by atoms with E-state index in [1.165, 1.54) is 62.0 Å². The highest BCUT2D eigenvalue weighted by Crippen LogP contribution is 2.40. The number of nitrogens with one attached hydrogen (secondary N) is 2. The van der Waals surface area contributed by atoms with Crippen LogP contribution in [0.25, 0.3) is 0 Å². The smallest absolute Gasteiger partial charge is 0.226 e. The lowest BCUT2D eigenvalue weighted by molar-refractivity contribution is 0.565. The van der Waals surface area contributed by atoms with Crippen LogP contribution in [0, 0.1) is 13.8 Å². The molecule has 0 aliphatic carbocycles. The van der Waals surface area contributed by atoms with E-state index in [-0.39, 0.29) is 0 Å². The third kappa shape index (κ3) is 4.60. The van der Waals surface area contributed by atoms with Crippen LogP contribution in [0.4, 0.5) is 23.3 Å². The summed E-state index contributed by atoms with van der Waals surface area (Å²) in [5, 5.41) is 21.2. The predicted molar refractivity (Wildman–Crippen MR) is 159 cm³/mol. The second kappa shape index (κ2) is 10.6. The van der Waals surface area contributed by atoms with Gasteiger partial charge < -0.3 is 9.80 Å². The van der Waals surface area contributed by atoms with Crippen molar-refractivity contribution in [2.24, 2.45) is 0 Å². The zero-order valence-corrected chi connectivity index (χ0v) is 25.3. The van der Waals surface area contributed by atoms with Gasteiger partial charge in [-0.05, 0) is 75.9 Å². The van der Waals surface area contributed by atoms with E-state index in [1.54, 1.807) is 0 Å². The minimum Gasteiger partial charge on any atom is -0.341 e. The molecule has 0 spiro atoms. The van der Waals surface area contributed by atoms with Crippen molar-refractivity contribution in [3.8, 4) is 0 Å². The molecule has 8 rings (SSSR count). The highest BCUT2D eigenvalue weighted by atomic mass is 32.2. The fraction of sp³-hybridized carbons (Fsp3) is 0.538. The Balaban J connectivity index is 0.982. The summed E-state index contributed by atoms with van der Waals surface area (Å²) in [5.74, 6) is 3.24. The van der Waals surface area contributed by atoms with Gasteiger partial charge in [-0.2, -0.15) is 0 Å². The van der Waals surface area contributed by atoms with Gasteiger partial charge in [0, 0.05) is 39.0 Å². The van der Waals surface area contributed by atoms with E-state index in [1.807, 2.05) is 23.2 Å². The molecular formula is C26H32N14S2. The first kappa shape index (κ1) is 26.0. The number of hydrogen-bond donors (Lipinski definition) is 2. The van der Waals surface area contributed by atoms with E-state index in [0.717, 1.165) is 92.9 Å². The Bertz CT molecular complexity index is 1530. The highest BCUT2D eigenvalue weighted by molar-refractivity contribution is 7.99. The van der Waals surface area contributed by atoms with Crippen molar-refractivity contribution in [3.05, 3.63) is 23.0 Å². The van der Waals surface area contributed by atoms with Gasteiger partial charge in [-0.25, -0.2) is 29.3 Å². The molecule has 14 nitrogen and oxygen atoms in total. The van der Waals surface area contributed by atoms with E-state index < -0.39 is 0 Å². The SMILES string of the molecule is Cc1nc(N2CCCCC2)nc2c1Nn1c(CCc3nnc4n3Nc3c(C)nc(N5CCCCC5)nc3S4)nnc1S2. The van der Waals surface area contributed by atoms with Gasteiger partial charge in [0.15, 0.2) is 11.6 Å². The van der Waals surface area contributed by atoms with E-state index in [2.05, 4.69) is 41.0 Å². The molecule has 16 heteroatoms. The van der Waals surface area contributed by atoms with Crippen LogP contribution < -0.4 is 20.7 Å². The molecular weight excluding hydrogens is 573 g/mol. The topological polar surface area (TPSA) is 144 Å². The molecule has 0 unspecified atom stereocenters. The van der Waals surface area contributed by atoms with Crippen LogP contribution in [0.15, 0.2) is 20.4 Å². The maximum absolute atomic E-state index is 4.89. The number of anilines is 4. The maximum Gasteiger partial charge on any atom is 0.226 e. The third-order valence-electron chi connectivity index (χ3n) is 8.16. The van der Waals surface area contributed by atoms with E-state index >= 15 is 0 Å². The van der Waals surface area contributed by atoms with Crippen LogP contribution in [-0.4, -0.2) is 75.9 Å². The minimum atomic E-state index is 0.627. The number of hydrogen-bond acceptors (Lipinski definition) is 14. The summed E-state index contributed by atoms with van der Waals surface area (Å²) in [5.41, 5.74) is 10.6. The molecule has 42 heavy (non-hydrogen) atoms. The van der Waals surface area contributed by atoms with Crippen molar-refractivity contribution in [1.82, 2.24) is 49.7 Å². The Morgan fingerprint density at radius 3 is 1.43 bits per heavy atom. The number of fused-ring (bicyclic) bond motifs is 4. The predicted octanol–water partition coefficient (Wildman–Crippen LogP) is 3.51. The second-order valence-corrected chi connectivity index (χ2v) is 13.0. The van der Waals surface area contributed by atoms with Gasteiger partial charge in [0.1, 0.15) is 21.4 Å². The Morgan fingerprint density at radius 1 is 0.571 bits per heavy atom. The molecule has 4 aromatic rings. The highest BCUT2D eigenvalue weighted by Gasteiger charge is 2.29. The maximum atomic E-state index is 4.89. The fourth-order valence-electron chi connectivity index (χ4n) is 5.84. The van der Waals surface area contributed by atoms with E-state index in [9.17, 15) is 0 Å². The number of nitrogens with zero attached hydrogens (tertiary/aromatic N) is 12. The molecule has 4 aliphatic heterocycles. The zero-order valence-electron chi connectivity index (χ0n) is 23.7. The van der Waals surface area contributed by atoms with Crippen LogP contribution in [0.1, 0.15) is 61.6 Å². The molecule has 0 amide bonds. The van der Waals surface area contributed by atoms with Gasteiger partial charge in [0.2, 0.25) is 22.2 Å². The molecule has 0 atom stereocenters. The monoisotopic (exact) mass is 604 g/mol. The molecule has 2 N–H and O–H groups in total. The summed E-state index contributed by atoms with van der Waals surface area (Å²) < 4.78 is 3.88. The molecule has 4 aliphatic rings. The number of rotatable bonds is 5.